The van der Waals surface area contributed by atoms with E-state index in [0.29, 0.717) is 6.42 Å². The number of esters is 1. The zero-order valence-corrected chi connectivity index (χ0v) is 11.8. The van der Waals surface area contributed by atoms with Crippen LogP contribution in [0.3, 0.4) is 0 Å². The predicted molar refractivity (Wildman–Crippen MR) is 67.4 cm³/mol. The van der Waals surface area contributed by atoms with Crippen molar-refractivity contribution in [3.05, 3.63) is 0 Å². The zero-order chi connectivity index (χ0) is 13.7. The van der Waals surface area contributed by atoms with Crippen molar-refractivity contribution in [3.63, 3.8) is 0 Å². The Labute approximate surface area is 104 Å². The largest absolute Gasteiger partial charge is 0.459 e. The minimum atomic E-state index is -3.47. The van der Waals surface area contributed by atoms with Gasteiger partial charge in [-0.1, -0.05) is 13.3 Å². The third-order valence-corrected chi connectivity index (χ3v) is 3.50. The van der Waals surface area contributed by atoms with Gasteiger partial charge in [-0.15, -0.1) is 0 Å². The lowest BCUT2D eigenvalue weighted by molar-refractivity contribution is -0.151. The van der Waals surface area contributed by atoms with Gasteiger partial charge in [-0.3, -0.25) is 4.79 Å². The minimum Gasteiger partial charge on any atom is -0.459 e. The molecule has 0 amide bonds. The molecule has 0 saturated carbocycles. The van der Waals surface area contributed by atoms with Crippen molar-refractivity contribution in [3.8, 4) is 0 Å². The van der Waals surface area contributed by atoms with Gasteiger partial charge in [0, 0.05) is 6.04 Å². The van der Waals surface area contributed by atoms with E-state index < -0.39 is 33.2 Å². The van der Waals surface area contributed by atoms with E-state index in [1.807, 2.05) is 6.92 Å². The first kappa shape index (κ1) is 16.4. The third-order valence-electron chi connectivity index (χ3n) is 1.89. The molecule has 0 aliphatic rings. The first-order valence-electron chi connectivity index (χ1n) is 5.73. The summed E-state index contributed by atoms with van der Waals surface area (Å²) in [4.78, 5) is 11.4. The summed E-state index contributed by atoms with van der Waals surface area (Å²) in [5, 5.41) is 0. The Morgan fingerprint density at radius 2 is 1.88 bits per heavy atom. The van der Waals surface area contributed by atoms with Gasteiger partial charge in [-0.25, -0.2) is 8.42 Å². The second-order valence-corrected chi connectivity index (χ2v) is 7.30. The van der Waals surface area contributed by atoms with Crippen LogP contribution in [0.4, 0.5) is 0 Å². The molecule has 0 spiro atoms. The fraction of sp³-hybridized carbons (Fsp3) is 0.909. The SMILES string of the molecule is CCCC(N)CS(=O)(=O)CC(=O)OC(C)(C)C. The van der Waals surface area contributed by atoms with Crippen LogP contribution in [0.2, 0.25) is 0 Å². The Morgan fingerprint density at radius 1 is 1.35 bits per heavy atom. The van der Waals surface area contributed by atoms with Crippen molar-refractivity contribution < 1.29 is 17.9 Å². The van der Waals surface area contributed by atoms with Gasteiger partial charge in [0.25, 0.3) is 0 Å². The summed E-state index contributed by atoms with van der Waals surface area (Å²) in [6.07, 6.45) is 1.46. The summed E-state index contributed by atoms with van der Waals surface area (Å²) >= 11 is 0. The molecule has 102 valence electrons. The van der Waals surface area contributed by atoms with Crippen LogP contribution in [-0.2, 0) is 19.4 Å². The van der Waals surface area contributed by atoms with E-state index in [-0.39, 0.29) is 5.75 Å². The predicted octanol–water partition coefficient (Wildman–Crippen LogP) is 0.870. The van der Waals surface area contributed by atoms with Crippen molar-refractivity contribution in [2.75, 3.05) is 11.5 Å². The van der Waals surface area contributed by atoms with Crippen molar-refractivity contribution in [1.82, 2.24) is 0 Å². The van der Waals surface area contributed by atoms with E-state index in [0.717, 1.165) is 6.42 Å². The number of hydrogen-bond donors (Lipinski definition) is 1. The topological polar surface area (TPSA) is 86.5 Å². The van der Waals surface area contributed by atoms with E-state index in [1.54, 1.807) is 20.8 Å². The summed E-state index contributed by atoms with van der Waals surface area (Å²) in [5.41, 5.74) is 4.97. The molecule has 0 bridgehead atoms. The molecule has 6 heteroatoms. The summed E-state index contributed by atoms with van der Waals surface area (Å²) < 4.78 is 28.2. The molecule has 0 saturated heterocycles. The Kier molecular flexibility index (Phi) is 6.12. The first-order chi connectivity index (χ1) is 7.56. The molecule has 0 fully saturated rings. The molecular formula is C11H23NO4S. The standard InChI is InChI=1S/C11H23NO4S/c1-5-6-9(12)7-17(14,15)8-10(13)16-11(2,3)4/h9H,5-8,12H2,1-4H3. The van der Waals surface area contributed by atoms with Gasteiger partial charge in [-0.2, -0.15) is 0 Å². The molecule has 1 unspecified atom stereocenters. The quantitative estimate of drug-likeness (QED) is 0.720. The van der Waals surface area contributed by atoms with E-state index in [9.17, 15) is 13.2 Å². The second kappa shape index (κ2) is 6.35. The third kappa shape index (κ3) is 9.12. The highest BCUT2D eigenvalue weighted by atomic mass is 32.2. The van der Waals surface area contributed by atoms with Crippen LogP contribution in [0.25, 0.3) is 0 Å². The number of carbonyl (C=O) groups excluding carboxylic acids is 1. The van der Waals surface area contributed by atoms with Crippen molar-refractivity contribution >= 4 is 15.8 Å². The fourth-order valence-corrected chi connectivity index (χ4v) is 2.74. The van der Waals surface area contributed by atoms with E-state index in [4.69, 9.17) is 10.5 Å². The summed E-state index contributed by atoms with van der Waals surface area (Å²) in [7, 11) is -3.47. The number of ether oxygens (including phenoxy) is 1. The van der Waals surface area contributed by atoms with Gasteiger partial charge < -0.3 is 10.5 Å². The monoisotopic (exact) mass is 265 g/mol. The van der Waals surface area contributed by atoms with Gasteiger partial charge in [0.1, 0.15) is 11.4 Å². The Hall–Kier alpha value is -0.620. The molecule has 17 heavy (non-hydrogen) atoms. The lowest BCUT2D eigenvalue weighted by Crippen LogP contribution is -2.34. The number of carbonyl (C=O) groups is 1. The summed E-state index contributed by atoms with van der Waals surface area (Å²) in [6.45, 7) is 7.02. The van der Waals surface area contributed by atoms with E-state index in [1.165, 1.54) is 0 Å². The van der Waals surface area contributed by atoms with E-state index in [2.05, 4.69) is 0 Å². The minimum absolute atomic E-state index is 0.167. The van der Waals surface area contributed by atoms with Crippen LogP contribution in [0, 0.1) is 0 Å². The maximum absolute atomic E-state index is 11.6. The van der Waals surface area contributed by atoms with Crippen molar-refractivity contribution in [1.29, 1.82) is 0 Å². The van der Waals surface area contributed by atoms with Gasteiger partial charge in [-0.05, 0) is 27.2 Å². The van der Waals surface area contributed by atoms with Crippen LogP contribution in [0.5, 0.6) is 0 Å². The smallest absolute Gasteiger partial charge is 0.321 e. The molecule has 1 atom stereocenters. The van der Waals surface area contributed by atoms with E-state index >= 15 is 0 Å². The second-order valence-electron chi connectivity index (χ2n) is 5.19. The molecule has 0 aromatic heterocycles. The van der Waals surface area contributed by atoms with Crippen LogP contribution in [0.1, 0.15) is 40.5 Å². The Balaban J connectivity index is 4.31. The number of hydrogen-bond acceptors (Lipinski definition) is 5. The average Bonchev–Trinajstić information content (AvgIpc) is 1.96. The average molecular weight is 265 g/mol. The number of nitrogens with two attached hydrogens (primary N) is 1. The number of rotatable bonds is 6. The molecule has 0 heterocycles. The molecule has 0 radical (unpaired) electrons. The maximum atomic E-state index is 11.6. The number of sulfone groups is 1. The van der Waals surface area contributed by atoms with Crippen LogP contribution >= 0.6 is 0 Å². The van der Waals surface area contributed by atoms with Crippen LogP contribution < -0.4 is 5.73 Å². The maximum Gasteiger partial charge on any atom is 0.321 e. The lowest BCUT2D eigenvalue weighted by atomic mass is 10.2. The van der Waals surface area contributed by atoms with Crippen molar-refractivity contribution in [2.24, 2.45) is 5.73 Å². The summed E-state index contributed by atoms with van der Waals surface area (Å²) in [6, 6.07) is -0.410. The highest BCUT2D eigenvalue weighted by molar-refractivity contribution is 7.92. The van der Waals surface area contributed by atoms with Crippen LogP contribution in [-0.4, -0.2) is 37.5 Å². The van der Waals surface area contributed by atoms with Crippen molar-refractivity contribution in [2.45, 2.75) is 52.2 Å². The Bertz CT molecular complexity index is 343. The highest BCUT2D eigenvalue weighted by Gasteiger charge is 2.24. The molecule has 0 aliphatic heterocycles. The molecule has 0 aromatic carbocycles. The van der Waals surface area contributed by atoms with Gasteiger partial charge in [0.2, 0.25) is 0 Å². The lowest BCUT2D eigenvalue weighted by Gasteiger charge is -2.19. The Morgan fingerprint density at radius 3 is 2.29 bits per heavy atom. The molecular weight excluding hydrogens is 242 g/mol. The molecule has 2 N–H and O–H groups in total. The highest BCUT2D eigenvalue weighted by Crippen LogP contribution is 2.08. The molecule has 5 nitrogen and oxygen atoms in total. The van der Waals surface area contributed by atoms with Gasteiger partial charge >= 0.3 is 5.97 Å². The summed E-state index contributed by atoms with van der Waals surface area (Å²) in [5.74, 6) is -1.48. The first-order valence-corrected chi connectivity index (χ1v) is 7.55. The van der Waals surface area contributed by atoms with Gasteiger partial charge in [0.15, 0.2) is 9.84 Å². The molecule has 0 aromatic rings. The van der Waals surface area contributed by atoms with Crippen LogP contribution in [0.15, 0.2) is 0 Å². The zero-order valence-electron chi connectivity index (χ0n) is 11.0. The van der Waals surface area contributed by atoms with Gasteiger partial charge in [0.05, 0.1) is 5.75 Å². The fourth-order valence-electron chi connectivity index (χ4n) is 1.39. The molecule has 0 aliphatic carbocycles. The normalized spacial score (nSPS) is 14.4. The molecule has 0 rings (SSSR count).